The molecule has 251 valence electrons. The molecule has 0 bridgehead atoms. The molecule has 0 aliphatic heterocycles. The smallest absolute Gasteiger partial charge is 0.125 e. The van der Waals surface area contributed by atoms with Crippen LogP contribution in [0.1, 0.15) is 47.1 Å². The number of benzene rings is 4. The van der Waals surface area contributed by atoms with E-state index in [2.05, 4.69) is 110 Å². The number of furan rings is 1. The Morgan fingerprint density at radius 3 is 2.18 bits per heavy atom. The minimum absolute atomic E-state index is 0. The van der Waals surface area contributed by atoms with E-state index in [1.165, 1.54) is 11.1 Å². The molecule has 1 radical (unpaired) electrons. The van der Waals surface area contributed by atoms with Crippen LogP contribution in [-0.4, -0.2) is 18.0 Å². The number of hydrogen-bond donors (Lipinski definition) is 0. The van der Waals surface area contributed by atoms with Crippen LogP contribution in [0, 0.1) is 18.1 Å². The predicted molar refractivity (Wildman–Crippen MR) is 204 cm³/mol. The van der Waals surface area contributed by atoms with Crippen molar-refractivity contribution < 1.29 is 27.3 Å². The Kier molecular flexibility index (Phi) is 10.3. The summed E-state index contributed by atoms with van der Waals surface area (Å²) in [5, 5.41) is 3.33. The number of pyridine rings is 2. The summed E-state index contributed by atoms with van der Waals surface area (Å²) in [6.45, 7) is 15.1. The van der Waals surface area contributed by atoms with E-state index in [1.54, 1.807) is 6.20 Å². The third-order valence-electron chi connectivity index (χ3n) is 8.69. The second-order valence-electron chi connectivity index (χ2n) is 14.0. The molecule has 0 unspecified atom stereocenters. The van der Waals surface area contributed by atoms with Crippen LogP contribution < -0.4 is 5.19 Å². The molecule has 0 aliphatic rings. The van der Waals surface area contributed by atoms with E-state index in [4.69, 9.17) is 7.16 Å². The summed E-state index contributed by atoms with van der Waals surface area (Å²) in [5.74, 6) is -0.0856. The molecule has 3 nitrogen and oxygen atoms in total. The summed E-state index contributed by atoms with van der Waals surface area (Å²) in [4.78, 5) is 9.08. The average molecular weight is 839 g/mol. The molecular formula is C44H44IrN2OSi-2. The molecule has 0 N–H and O–H groups in total. The molecule has 3 heterocycles. The molecule has 49 heavy (non-hydrogen) atoms. The molecule has 7 aromatic rings. The third-order valence-corrected chi connectivity index (χ3v) is 10.7. The normalized spacial score (nSPS) is 12.6. The van der Waals surface area contributed by atoms with Crippen molar-refractivity contribution >= 4 is 35.2 Å². The largest absolute Gasteiger partial charge is 0.500 e. The van der Waals surface area contributed by atoms with E-state index in [-0.39, 0.29) is 31.4 Å². The fourth-order valence-electron chi connectivity index (χ4n) is 6.15. The molecule has 0 spiro atoms. The Labute approximate surface area is 309 Å². The van der Waals surface area contributed by atoms with Crippen molar-refractivity contribution in [1.82, 2.24) is 9.97 Å². The van der Waals surface area contributed by atoms with Crippen molar-refractivity contribution in [3.05, 3.63) is 150 Å². The van der Waals surface area contributed by atoms with Gasteiger partial charge in [0, 0.05) is 51.6 Å². The molecule has 5 heteroatoms. The minimum Gasteiger partial charge on any atom is -0.500 e. The molecule has 0 atom stereocenters. The quantitative estimate of drug-likeness (QED) is 0.119. The minimum atomic E-state index is -1.67. The number of hydrogen-bond acceptors (Lipinski definition) is 3. The van der Waals surface area contributed by atoms with Crippen LogP contribution >= 0.6 is 0 Å². The Balaban J connectivity index is 0.000000200. The Bertz CT molecular complexity index is 2230. The van der Waals surface area contributed by atoms with Crippen molar-refractivity contribution in [2.75, 3.05) is 0 Å². The van der Waals surface area contributed by atoms with Gasteiger partial charge in [0.25, 0.3) is 0 Å². The van der Waals surface area contributed by atoms with Gasteiger partial charge in [-0.05, 0) is 40.5 Å². The zero-order valence-corrected chi connectivity index (χ0v) is 32.7. The average Bonchev–Trinajstić information content (AvgIpc) is 3.51. The predicted octanol–water partition coefficient (Wildman–Crippen LogP) is 11.1. The van der Waals surface area contributed by atoms with Crippen LogP contribution in [-0.2, 0) is 31.9 Å². The first-order valence-corrected chi connectivity index (χ1v) is 20.1. The molecule has 0 saturated carbocycles. The maximum absolute atomic E-state index is 8.55. The van der Waals surface area contributed by atoms with Crippen molar-refractivity contribution in [3.8, 4) is 22.5 Å². The van der Waals surface area contributed by atoms with Gasteiger partial charge in [-0.25, -0.2) is 0 Å². The zero-order valence-electron chi connectivity index (χ0n) is 31.3. The van der Waals surface area contributed by atoms with Crippen LogP contribution in [0.5, 0.6) is 0 Å². The van der Waals surface area contributed by atoms with Crippen LogP contribution in [0.4, 0.5) is 0 Å². The summed E-state index contributed by atoms with van der Waals surface area (Å²) in [7, 11) is -1.67. The van der Waals surface area contributed by atoms with Crippen LogP contribution in [0.2, 0.25) is 19.6 Å². The topological polar surface area (TPSA) is 38.9 Å². The standard InChI is InChI=1S/C26H20NO.C18H24NSi.Ir/c1-26(2,18-10-4-3-5-11-18)22-15-9-13-20-19-12-8-14-21(24(19)28-25(20)22)23-16-6-7-17-27-23;1-14(2)11-16-12-17(15-9-7-6-8-10-15)19-13-18(16)20(3,4)5;/h3-13,15-17H,1-2H3;6-9,12-14H,11H2,1-5H3;/q2*-1;/i;11D2;. The molecule has 7 rings (SSSR count). The van der Waals surface area contributed by atoms with Crippen LogP contribution in [0.3, 0.4) is 0 Å². The number of aromatic nitrogens is 2. The van der Waals surface area contributed by atoms with E-state index in [0.717, 1.165) is 55.2 Å². The summed E-state index contributed by atoms with van der Waals surface area (Å²) in [6.07, 6.45) is 2.33. The monoisotopic (exact) mass is 839 g/mol. The number of para-hydroxylation sites is 1. The van der Waals surface area contributed by atoms with Gasteiger partial charge in [0.1, 0.15) is 5.58 Å². The van der Waals surface area contributed by atoms with Crippen molar-refractivity contribution in [2.45, 2.75) is 59.1 Å². The molecular weight excluding hydrogens is 793 g/mol. The molecule has 0 amide bonds. The van der Waals surface area contributed by atoms with Crippen molar-refractivity contribution in [1.29, 1.82) is 0 Å². The summed E-state index contributed by atoms with van der Waals surface area (Å²) >= 11 is 0. The van der Waals surface area contributed by atoms with Gasteiger partial charge in [-0.2, -0.15) is 0 Å². The fourth-order valence-corrected chi connectivity index (χ4v) is 7.55. The summed E-state index contributed by atoms with van der Waals surface area (Å²) < 4.78 is 23.6. The Hall–Kier alpha value is -4.15. The third kappa shape index (κ3) is 7.86. The second-order valence-corrected chi connectivity index (χ2v) is 19.1. The van der Waals surface area contributed by atoms with Crippen LogP contribution in [0.25, 0.3) is 44.5 Å². The van der Waals surface area contributed by atoms with Gasteiger partial charge >= 0.3 is 0 Å². The number of rotatable bonds is 7. The first-order chi connectivity index (χ1) is 23.8. The second kappa shape index (κ2) is 15.2. The fraction of sp³-hybridized carbons (Fsp3) is 0.227. The Morgan fingerprint density at radius 1 is 0.776 bits per heavy atom. The van der Waals surface area contributed by atoms with Crippen LogP contribution in [0.15, 0.2) is 126 Å². The molecule has 0 fully saturated rings. The molecule has 0 saturated heterocycles. The van der Waals surface area contributed by atoms with Gasteiger partial charge in [-0.15, -0.1) is 54.1 Å². The summed E-state index contributed by atoms with van der Waals surface area (Å²) in [5.41, 5.74) is 8.31. The van der Waals surface area contributed by atoms with Gasteiger partial charge in [-0.1, -0.05) is 131 Å². The van der Waals surface area contributed by atoms with Gasteiger partial charge < -0.3 is 14.4 Å². The first-order valence-electron chi connectivity index (χ1n) is 17.6. The summed E-state index contributed by atoms with van der Waals surface area (Å²) in [6, 6.07) is 43.1. The van der Waals surface area contributed by atoms with Gasteiger partial charge in [0.05, 0.1) is 13.7 Å². The SMILES string of the molecule is CC(C)(c1ccccc1)c1cccc2c1oc1c(-c3ccccn3)[c-]ccc12.[2H]C([2H])(c1cc(-c2[c-]cccc2)ncc1[Si](C)(C)C)C(C)C.[Ir]. The molecule has 0 aliphatic carbocycles. The maximum Gasteiger partial charge on any atom is 0.125 e. The molecule has 4 aromatic carbocycles. The van der Waals surface area contributed by atoms with E-state index in [0.29, 0.717) is 0 Å². The first kappa shape index (κ1) is 33.3. The zero-order chi connectivity index (χ0) is 35.7. The van der Waals surface area contributed by atoms with Crippen molar-refractivity contribution in [3.63, 3.8) is 0 Å². The van der Waals surface area contributed by atoms with E-state index in [9.17, 15) is 0 Å². The van der Waals surface area contributed by atoms with Gasteiger partial charge in [0.15, 0.2) is 0 Å². The number of nitrogens with zero attached hydrogens (tertiary/aromatic N) is 2. The van der Waals surface area contributed by atoms with E-state index >= 15 is 0 Å². The van der Waals surface area contributed by atoms with Crippen molar-refractivity contribution in [2.24, 2.45) is 5.92 Å². The van der Waals surface area contributed by atoms with E-state index in [1.807, 2.05) is 74.6 Å². The maximum atomic E-state index is 8.55. The van der Waals surface area contributed by atoms with Gasteiger partial charge in [0.2, 0.25) is 0 Å². The van der Waals surface area contributed by atoms with E-state index < -0.39 is 14.4 Å². The van der Waals surface area contributed by atoms with Gasteiger partial charge in [-0.3, -0.25) is 0 Å². The number of fused-ring (bicyclic) bond motifs is 3. The molecule has 3 aromatic heterocycles. The Morgan fingerprint density at radius 2 is 1.51 bits per heavy atom.